The van der Waals surface area contributed by atoms with Gasteiger partial charge in [-0.05, 0) is 55.2 Å². The summed E-state index contributed by atoms with van der Waals surface area (Å²) in [5.74, 6) is -0.835. The smallest absolute Gasteiger partial charge is 0.257 e. The van der Waals surface area contributed by atoms with Gasteiger partial charge in [0.1, 0.15) is 0 Å². The molecule has 2 aromatic rings. The van der Waals surface area contributed by atoms with Crippen molar-refractivity contribution < 1.29 is 18.7 Å². The van der Waals surface area contributed by atoms with E-state index in [1.807, 2.05) is 19.1 Å². The zero-order chi connectivity index (χ0) is 20.4. The lowest BCUT2D eigenvalue weighted by Gasteiger charge is -2.29. The van der Waals surface area contributed by atoms with Crippen molar-refractivity contribution in [3.63, 3.8) is 0 Å². The summed E-state index contributed by atoms with van der Waals surface area (Å²) in [5, 5.41) is 2.58. The molecule has 0 aliphatic carbocycles. The maximum absolute atomic E-state index is 15.0. The summed E-state index contributed by atoms with van der Waals surface area (Å²) in [5.41, 5.74) is 2.94. The van der Waals surface area contributed by atoms with Gasteiger partial charge in [0.2, 0.25) is 0 Å². The van der Waals surface area contributed by atoms with Gasteiger partial charge < -0.3 is 15.0 Å². The molecule has 5 nitrogen and oxygen atoms in total. The number of halogens is 1. The molecule has 1 N–H and O–H groups in total. The van der Waals surface area contributed by atoms with Gasteiger partial charge in [-0.25, -0.2) is 4.39 Å². The van der Waals surface area contributed by atoms with Crippen molar-refractivity contribution in [2.24, 2.45) is 0 Å². The summed E-state index contributed by atoms with van der Waals surface area (Å²) in [4.78, 5) is 26.2. The standard InChI is InChI=1S/C22H25FN2O3/c1-13-9-10-28-20-18(22(27)25(13)4)12-17(14(2)19(20)23)11-15-5-7-16(8-6-15)21(26)24-3/h5-8,12-13H,9-11H2,1-4H3,(H,24,26)/t13-/m0/s1. The molecule has 1 heterocycles. The summed E-state index contributed by atoms with van der Waals surface area (Å²) in [6.45, 7) is 4.01. The highest BCUT2D eigenvalue weighted by Gasteiger charge is 2.28. The molecule has 1 atom stereocenters. The monoisotopic (exact) mass is 384 g/mol. The summed E-state index contributed by atoms with van der Waals surface area (Å²) < 4.78 is 20.6. The largest absolute Gasteiger partial charge is 0.490 e. The molecule has 28 heavy (non-hydrogen) atoms. The number of rotatable bonds is 3. The lowest BCUT2D eigenvalue weighted by molar-refractivity contribution is 0.0696. The fraction of sp³-hybridized carbons (Fsp3) is 0.364. The number of amides is 2. The fourth-order valence-corrected chi connectivity index (χ4v) is 3.31. The Kier molecular flexibility index (Phi) is 5.68. The van der Waals surface area contributed by atoms with E-state index in [9.17, 15) is 9.59 Å². The molecule has 0 bridgehead atoms. The van der Waals surface area contributed by atoms with Gasteiger partial charge in [-0.2, -0.15) is 0 Å². The van der Waals surface area contributed by atoms with Gasteiger partial charge in [-0.15, -0.1) is 0 Å². The van der Waals surface area contributed by atoms with E-state index in [1.165, 1.54) is 0 Å². The van der Waals surface area contributed by atoms with Crippen molar-refractivity contribution in [1.82, 2.24) is 10.2 Å². The second-order valence-electron chi connectivity index (χ2n) is 7.21. The van der Waals surface area contributed by atoms with Crippen LogP contribution in [-0.4, -0.2) is 43.5 Å². The molecule has 0 radical (unpaired) electrons. The normalized spacial score (nSPS) is 16.7. The fourth-order valence-electron chi connectivity index (χ4n) is 3.31. The van der Waals surface area contributed by atoms with Crippen molar-refractivity contribution in [1.29, 1.82) is 0 Å². The van der Waals surface area contributed by atoms with Gasteiger partial charge in [0.05, 0.1) is 12.2 Å². The average molecular weight is 384 g/mol. The van der Waals surface area contributed by atoms with E-state index in [2.05, 4.69) is 5.32 Å². The molecule has 2 aromatic carbocycles. The summed E-state index contributed by atoms with van der Waals surface area (Å²) >= 11 is 0. The van der Waals surface area contributed by atoms with Gasteiger partial charge >= 0.3 is 0 Å². The van der Waals surface area contributed by atoms with E-state index < -0.39 is 5.82 Å². The minimum absolute atomic E-state index is 0.0192. The Labute approximate surface area is 164 Å². The quantitative estimate of drug-likeness (QED) is 0.883. The molecule has 2 amide bonds. The predicted molar refractivity (Wildman–Crippen MR) is 105 cm³/mol. The molecule has 0 fully saturated rings. The maximum atomic E-state index is 15.0. The van der Waals surface area contributed by atoms with Crippen LogP contribution in [0.3, 0.4) is 0 Å². The first-order valence-corrected chi connectivity index (χ1v) is 9.36. The molecular weight excluding hydrogens is 359 g/mol. The van der Waals surface area contributed by atoms with Gasteiger partial charge in [0.25, 0.3) is 11.8 Å². The maximum Gasteiger partial charge on any atom is 0.257 e. The van der Waals surface area contributed by atoms with E-state index >= 15 is 4.39 Å². The topological polar surface area (TPSA) is 58.6 Å². The SMILES string of the molecule is CNC(=O)c1ccc(Cc2cc3c(c(F)c2C)OCC[C@H](C)N(C)C3=O)cc1. The first-order valence-electron chi connectivity index (χ1n) is 9.36. The molecule has 0 unspecified atom stereocenters. The summed E-state index contributed by atoms with van der Waals surface area (Å²) in [6, 6.07) is 8.90. The Morgan fingerprint density at radius 3 is 2.64 bits per heavy atom. The number of carbonyl (C=O) groups is 2. The Morgan fingerprint density at radius 2 is 2.00 bits per heavy atom. The zero-order valence-corrected chi connectivity index (χ0v) is 16.6. The number of fused-ring (bicyclic) bond motifs is 1. The number of nitrogens with zero attached hydrogens (tertiary/aromatic N) is 1. The number of benzene rings is 2. The molecule has 1 aliphatic heterocycles. The van der Waals surface area contributed by atoms with Crippen LogP contribution >= 0.6 is 0 Å². The third-order valence-electron chi connectivity index (χ3n) is 5.41. The lowest BCUT2D eigenvalue weighted by atomic mass is 9.95. The molecule has 0 saturated heterocycles. The van der Waals surface area contributed by atoms with E-state index in [1.54, 1.807) is 44.1 Å². The highest BCUT2D eigenvalue weighted by molar-refractivity contribution is 5.97. The van der Waals surface area contributed by atoms with Crippen molar-refractivity contribution in [2.75, 3.05) is 20.7 Å². The Hall–Kier alpha value is -2.89. The predicted octanol–water partition coefficient (Wildman–Crippen LogP) is 3.33. The van der Waals surface area contributed by atoms with Gasteiger partial charge in [-0.1, -0.05) is 12.1 Å². The second-order valence-corrected chi connectivity index (χ2v) is 7.21. The molecule has 0 aromatic heterocycles. The number of ether oxygens (including phenoxy) is 1. The Bertz CT molecular complexity index is 909. The third-order valence-corrected chi connectivity index (χ3v) is 5.41. The molecule has 148 valence electrons. The van der Waals surface area contributed by atoms with Gasteiger partial charge in [0, 0.05) is 32.1 Å². The Morgan fingerprint density at radius 1 is 1.32 bits per heavy atom. The highest BCUT2D eigenvalue weighted by atomic mass is 19.1. The molecule has 6 heteroatoms. The first-order chi connectivity index (χ1) is 13.3. The number of hydrogen-bond donors (Lipinski definition) is 1. The third kappa shape index (κ3) is 3.72. The number of hydrogen-bond acceptors (Lipinski definition) is 3. The molecule has 3 rings (SSSR count). The number of nitrogens with one attached hydrogen (secondary N) is 1. The van der Waals surface area contributed by atoms with Crippen molar-refractivity contribution in [2.45, 2.75) is 32.7 Å². The van der Waals surface area contributed by atoms with E-state index in [0.29, 0.717) is 30.6 Å². The molecule has 1 aliphatic rings. The van der Waals surface area contributed by atoms with Crippen molar-refractivity contribution in [3.05, 3.63) is 64.0 Å². The zero-order valence-electron chi connectivity index (χ0n) is 16.6. The minimum Gasteiger partial charge on any atom is -0.490 e. The van der Waals surface area contributed by atoms with Crippen molar-refractivity contribution in [3.8, 4) is 5.75 Å². The second kappa shape index (κ2) is 8.00. The van der Waals surface area contributed by atoms with E-state index in [4.69, 9.17) is 4.74 Å². The van der Waals surface area contributed by atoms with Crippen LogP contribution in [0.5, 0.6) is 5.75 Å². The van der Waals surface area contributed by atoms with Crippen LogP contribution in [0, 0.1) is 12.7 Å². The summed E-state index contributed by atoms with van der Waals surface area (Å²) in [6.07, 6.45) is 1.11. The van der Waals surface area contributed by atoms with Gasteiger partial charge in [0.15, 0.2) is 11.6 Å². The highest BCUT2D eigenvalue weighted by Crippen LogP contribution is 2.32. The van der Waals surface area contributed by atoms with Crippen LogP contribution in [0.4, 0.5) is 4.39 Å². The van der Waals surface area contributed by atoms with E-state index in [-0.39, 0.29) is 29.2 Å². The molecule has 0 saturated carbocycles. The van der Waals surface area contributed by atoms with Crippen LogP contribution < -0.4 is 10.1 Å². The molecule has 0 spiro atoms. The lowest BCUT2D eigenvalue weighted by Crippen LogP contribution is -2.38. The van der Waals surface area contributed by atoms with Crippen LogP contribution in [0.1, 0.15) is 50.8 Å². The van der Waals surface area contributed by atoms with Crippen molar-refractivity contribution >= 4 is 11.8 Å². The van der Waals surface area contributed by atoms with E-state index in [0.717, 1.165) is 11.1 Å². The Balaban J connectivity index is 1.97. The number of carbonyl (C=O) groups excluding carboxylic acids is 2. The van der Waals surface area contributed by atoms with Gasteiger partial charge in [-0.3, -0.25) is 9.59 Å². The van der Waals surface area contributed by atoms with Crippen LogP contribution in [0.2, 0.25) is 0 Å². The molecular formula is C22H25FN2O3. The first kappa shape index (κ1) is 19.9. The minimum atomic E-state index is -0.481. The average Bonchev–Trinajstić information content (AvgIpc) is 2.70. The van der Waals surface area contributed by atoms with Crippen LogP contribution in [0.25, 0.3) is 0 Å². The van der Waals surface area contributed by atoms with Crippen LogP contribution in [-0.2, 0) is 6.42 Å². The van der Waals surface area contributed by atoms with Crippen LogP contribution in [0.15, 0.2) is 30.3 Å². The summed E-state index contributed by atoms with van der Waals surface area (Å²) in [7, 11) is 3.31.